The maximum absolute atomic E-state index is 8.83. The van der Waals surface area contributed by atoms with Crippen molar-refractivity contribution in [2.45, 2.75) is 0 Å². The number of hydrogen-bond acceptors (Lipinski definition) is 5. The van der Waals surface area contributed by atoms with E-state index in [1.165, 1.54) is 14.2 Å². The van der Waals surface area contributed by atoms with Gasteiger partial charge in [0.25, 0.3) is 0 Å². The molecule has 15 heavy (non-hydrogen) atoms. The van der Waals surface area contributed by atoms with E-state index in [1.54, 1.807) is 19.2 Å². The number of aliphatic hydroxyl groups is 1. The fourth-order valence-corrected chi connectivity index (χ4v) is 1.26. The quantitative estimate of drug-likeness (QED) is 0.716. The second-order valence-electron chi connectivity index (χ2n) is 2.74. The monoisotopic (exact) mass is 213 g/mol. The van der Waals surface area contributed by atoms with Gasteiger partial charge in [0.1, 0.15) is 29.7 Å². The molecule has 0 fully saturated rings. The fourth-order valence-electron chi connectivity index (χ4n) is 1.26. The van der Waals surface area contributed by atoms with Crippen LogP contribution in [0.15, 0.2) is 12.1 Å². The van der Waals surface area contributed by atoms with Gasteiger partial charge in [-0.3, -0.25) is 0 Å². The molecule has 0 amide bonds. The first-order chi connectivity index (χ1) is 7.26. The Morgan fingerprint density at radius 1 is 1.07 bits per heavy atom. The molecule has 2 N–H and O–H groups in total. The van der Waals surface area contributed by atoms with Crippen molar-refractivity contribution in [3.8, 4) is 17.2 Å². The minimum Gasteiger partial charge on any atom is -0.496 e. The number of benzene rings is 1. The van der Waals surface area contributed by atoms with E-state index in [4.69, 9.17) is 19.3 Å². The first-order valence-corrected chi connectivity index (χ1v) is 4.41. The topological polar surface area (TPSA) is 60.0 Å². The predicted molar refractivity (Wildman–Crippen MR) is 56.8 cm³/mol. The lowest BCUT2D eigenvalue weighted by atomic mass is 10.2. The molecule has 1 aromatic rings. The van der Waals surface area contributed by atoms with Gasteiger partial charge < -0.3 is 24.6 Å². The smallest absolute Gasteiger partial charge is 0.149 e. The minimum absolute atomic E-state index is 0.195. The molecule has 0 unspecified atom stereocenters. The molecule has 0 bridgehead atoms. The summed E-state index contributed by atoms with van der Waals surface area (Å²) in [6.45, 7) is -0.195. The summed E-state index contributed by atoms with van der Waals surface area (Å²) < 4.78 is 15.4. The molecule has 1 aromatic carbocycles. The van der Waals surface area contributed by atoms with Crippen LogP contribution in [0.25, 0.3) is 0 Å². The highest BCUT2D eigenvalue weighted by Gasteiger charge is 2.11. The summed E-state index contributed by atoms with van der Waals surface area (Å²) in [5.41, 5.74) is 0.600. The van der Waals surface area contributed by atoms with Crippen LogP contribution in [0.4, 0.5) is 5.69 Å². The summed E-state index contributed by atoms with van der Waals surface area (Å²) in [6.07, 6.45) is 0. The Kier molecular flexibility index (Phi) is 4.05. The van der Waals surface area contributed by atoms with Crippen LogP contribution in [0.5, 0.6) is 17.2 Å². The Balaban J connectivity index is 3.19. The van der Waals surface area contributed by atoms with Gasteiger partial charge in [-0.05, 0) is 0 Å². The molecule has 0 aliphatic carbocycles. The van der Waals surface area contributed by atoms with E-state index in [9.17, 15) is 0 Å². The molecule has 0 heterocycles. The summed E-state index contributed by atoms with van der Waals surface area (Å²) in [6, 6.07) is 3.42. The highest BCUT2D eigenvalue weighted by atomic mass is 16.5. The largest absolute Gasteiger partial charge is 0.496 e. The van der Waals surface area contributed by atoms with Gasteiger partial charge in [0.05, 0.1) is 21.3 Å². The molecule has 5 heteroatoms. The van der Waals surface area contributed by atoms with Crippen molar-refractivity contribution < 1.29 is 19.3 Å². The lowest BCUT2D eigenvalue weighted by Crippen LogP contribution is -2.04. The van der Waals surface area contributed by atoms with Crippen molar-refractivity contribution in [2.24, 2.45) is 0 Å². The van der Waals surface area contributed by atoms with E-state index in [0.29, 0.717) is 22.9 Å². The van der Waals surface area contributed by atoms with Crippen LogP contribution < -0.4 is 19.5 Å². The van der Waals surface area contributed by atoms with Gasteiger partial charge in [0.15, 0.2) is 0 Å². The minimum atomic E-state index is -0.195. The van der Waals surface area contributed by atoms with E-state index in [-0.39, 0.29) is 6.73 Å². The second-order valence-corrected chi connectivity index (χ2v) is 2.74. The van der Waals surface area contributed by atoms with E-state index in [2.05, 4.69) is 5.32 Å². The third kappa shape index (κ3) is 2.44. The molecule has 0 spiro atoms. The van der Waals surface area contributed by atoms with E-state index < -0.39 is 0 Å². The molecule has 0 aliphatic heterocycles. The Morgan fingerprint density at radius 2 is 1.60 bits per heavy atom. The Bertz CT molecular complexity index is 302. The maximum atomic E-state index is 8.83. The zero-order valence-electron chi connectivity index (χ0n) is 9.03. The summed E-state index contributed by atoms with van der Waals surface area (Å²) >= 11 is 0. The van der Waals surface area contributed by atoms with Gasteiger partial charge in [-0.25, -0.2) is 0 Å². The second kappa shape index (κ2) is 5.31. The molecule has 84 valence electrons. The molecule has 0 atom stereocenters. The number of hydrogen-bond donors (Lipinski definition) is 2. The SMILES string of the molecule is COc1cc(OC)c(NCO)c(OC)c1. The average molecular weight is 213 g/mol. The molecule has 0 radical (unpaired) electrons. The molecular weight excluding hydrogens is 198 g/mol. The highest BCUT2D eigenvalue weighted by Crippen LogP contribution is 2.38. The summed E-state index contributed by atoms with van der Waals surface area (Å²) in [5.74, 6) is 1.74. The van der Waals surface area contributed by atoms with E-state index in [1.807, 2.05) is 0 Å². The van der Waals surface area contributed by atoms with Crippen molar-refractivity contribution in [1.82, 2.24) is 0 Å². The molecular formula is C10H15NO4. The van der Waals surface area contributed by atoms with Gasteiger partial charge in [-0.15, -0.1) is 0 Å². The number of ether oxygens (including phenoxy) is 3. The fraction of sp³-hybridized carbons (Fsp3) is 0.400. The van der Waals surface area contributed by atoms with Crippen molar-refractivity contribution in [2.75, 3.05) is 33.4 Å². The third-order valence-electron chi connectivity index (χ3n) is 1.97. The normalized spacial score (nSPS) is 9.60. The summed E-state index contributed by atoms with van der Waals surface area (Å²) in [7, 11) is 4.64. The summed E-state index contributed by atoms with van der Waals surface area (Å²) in [5, 5.41) is 11.6. The van der Waals surface area contributed by atoms with Crippen LogP contribution in [0.3, 0.4) is 0 Å². The van der Waals surface area contributed by atoms with Crippen LogP contribution in [0.2, 0.25) is 0 Å². The Morgan fingerprint density at radius 3 is 1.93 bits per heavy atom. The average Bonchev–Trinajstić information content (AvgIpc) is 2.29. The molecule has 0 aliphatic rings. The van der Waals surface area contributed by atoms with Gasteiger partial charge in [0, 0.05) is 12.1 Å². The van der Waals surface area contributed by atoms with Crippen molar-refractivity contribution >= 4 is 5.69 Å². The predicted octanol–water partition coefficient (Wildman–Crippen LogP) is 1.07. The first kappa shape index (κ1) is 11.5. The number of rotatable bonds is 5. The molecule has 0 saturated heterocycles. The lowest BCUT2D eigenvalue weighted by molar-refractivity contribution is 0.321. The standard InChI is InChI=1S/C10H15NO4/c1-13-7-4-8(14-2)10(11-6-12)9(5-7)15-3/h4-5,11-12H,6H2,1-3H3. The van der Waals surface area contributed by atoms with E-state index in [0.717, 1.165) is 0 Å². The molecule has 0 aromatic heterocycles. The zero-order chi connectivity index (χ0) is 11.3. The number of nitrogens with one attached hydrogen (secondary N) is 1. The number of methoxy groups -OCH3 is 3. The Hall–Kier alpha value is -1.62. The molecule has 0 saturated carbocycles. The van der Waals surface area contributed by atoms with Crippen LogP contribution >= 0.6 is 0 Å². The van der Waals surface area contributed by atoms with Crippen LogP contribution in [0, 0.1) is 0 Å². The zero-order valence-corrected chi connectivity index (χ0v) is 9.03. The lowest BCUT2D eigenvalue weighted by Gasteiger charge is -2.15. The van der Waals surface area contributed by atoms with Crippen LogP contribution in [-0.4, -0.2) is 33.2 Å². The van der Waals surface area contributed by atoms with Gasteiger partial charge >= 0.3 is 0 Å². The Labute approximate surface area is 88.6 Å². The highest BCUT2D eigenvalue weighted by molar-refractivity contribution is 5.68. The number of anilines is 1. The first-order valence-electron chi connectivity index (χ1n) is 4.41. The van der Waals surface area contributed by atoms with Gasteiger partial charge in [0.2, 0.25) is 0 Å². The number of aliphatic hydroxyl groups excluding tert-OH is 1. The van der Waals surface area contributed by atoms with Crippen molar-refractivity contribution in [3.63, 3.8) is 0 Å². The molecule has 5 nitrogen and oxygen atoms in total. The maximum Gasteiger partial charge on any atom is 0.149 e. The van der Waals surface area contributed by atoms with Crippen molar-refractivity contribution in [1.29, 1.82) is 0 Å². The van der Waals surface area contributed by atoms with Crippen molar-refractivity contribution in [3.05, 3.63) is 12.1 Å². The molecule has 1 rings (SSSR count). The summed E-state index contributed by atoms with van der Waals surface area (Å²) in [4.78, 5) is 0. The van der Waals surface area contributed by atoms with Crippen LogP contribution in [-0.2, 0) is 0 Å². The van der Waals surface area contributed by atoms with E-state index >= 15 is 0 Å². The van der Waals surface area contributed by atoms with Gasteiger partial charge in [-0.2, -0.15) is 0 Å². The van der Waals surface area contributed by atoms with Crippen LogP contribution in [0.1, 0.15) is 0 Å². The third-order valence-corrected chi connectivity index (χ3v) is 1.97. The van der Waals surface area contributed by atoms with Gasteiger partial charge in [-0.1, -0.05) is 0 Å².